The molecule has 3 rings (SSSR count). The summed E-state index contributed by atoms with van der Waals surface area (Å²) in [4.78, 5) is 18.4. The molecule has 0 amide bonds. The maximum atomic E-state index is 11.6. The van der Waals surface area contributed by atoms with Crippen molar-refractivity contribution in [2.45, 2.75) is 19.4 Å². The third kappa shape index (κ3) is 2.93. The minimum atomic E-state index is 0.132. The van der Waals surface area contributed by atoms with E-state index in [9.17, 15) is 4.79 Å². The Morgan fingerprint density at radius 1 is 1.41 bits per heavy atom. The molecular weight excluding hydrogens is 280 g/mol. The minimum absolute atomic E-state index is 0.132. The van der Waals surface area contributed by atoms with Gasteiger partial charge in [-0.3, -0.25) is 9.69 Å². The molecule has 0 saturated carbocycles. The first-order valence-electron chi connectivity index (χ1n) is 7.57. The maximum Gasteiger partial charge on any atom is 0.257 e. The fourth-order valence-electron chi connectivity index (χ4n) is 2.58. The fourth-order valence-corrected chi connectivity index (χ4v) is 2.58. The van der Waals surface area contributed by atoms with Gasteiger partial charge in [0.1, 0.15) is 0 Å². The van der Waals surface area contributed by atoms with Crippen LogP contribution in [0.25, 0.3) is 11.5 Å². The normalized spacial score (nSPS) is 19.3. The van der Waals surface area contributed by atoms with Crippen LogP contribution in [0.1, 0.15) is 35.6 Å². The van der Waals surface area contributed by atoms with Gasteiger partial charge in [0.2, 0.25) is 0 Å². The molecule has 1 atom stereocenters. The summed E-state index contributed by atoms with van der Waals surface area (Å²) < 4.78 is 5.38. The molecule has 1 N–H and O–H groups in total. The predicted molar refractivity (Wildman–Crippen MR) is 82.6 cm³/mol. The number of ketones is 1. The van der Waals surface area contributed by atoms with Crippen LogP contribution in [0.3, 0.4) is 0 Å². The van der Waals surface area contributed by atoms with Crippen molar-refractivity contribution in [3.63, 3.8) is 0 Å². The Kier molecular flexibility index (Phi) is 4.31. The van der Waals surface area contributed by atoms with Crippen LogP contribution in [0.5, 0.6) is 0 Å². The van der Waals surface area contributed by atoms with E-state index in [-0.39, 0.29) is 11.8 Å². The zero-order chi connectivity index (χ0) is 15.5. The Labute approximate surface area is 129 Å². The van der Waals surface area contributed by atoms with Crippen LogP contribution in [0.4, 0.5) is 0 Å². The van der Waals surface area contributed by atoms with Gasteiger partial charge in [-0.1, -0.05) is 24.2 Å². The SMILES string of the molecule is CCC(=O)c1ccc(-c2nc(C3CNCCN3C)no2)cc1. The van der Waals surface area contributed by atoms with Crippen molar-refractivity contribution in [2.24, 2.45) is 0 Å². The largest absolute Gasteiger partial charge is 0.334 e. The van der Waals surface area contributed by atoms with E-state index in [4.69, 9.17) is 4.52 Å². The second-order valence-electron chi connectivity index (χ2n) is 5.51. The molecule has 1 saturated heterocycles. The van der Waals surface area contributed by atoms with Crippen LogP contribution in [-0.2, 0) is 0 Å². The summed E-state index contributed by atoms with van der Waals surface area (Å²) in [7, 11) is 2.06. The zero-order valence-electron chi connectivity index (χ0n) is 12.9. The Morgan fingerprint density at radius 3 is 2.86 bits per heavy atom. The third-order valence-corrected chi connectivity index (χ3v) is 4.03. The first kappa shape index (κ1) is 14.9. The number of likely N-dealkylation sites (N-methyl/N-ethyl adjacent to an activating group) is 1. The Hall–Kier alpha value is -2.05. The van der Waals surface area contributed by atoms with Crippen LogP contribution in [0.15, 0.2) is 28.8 Å². The van der Waals surface area contributed by atoms with Gasteiger partial charge in [-0.25, -0.2) is 0 Å². The van der Waals surface area contributed by atoms with E-state index in [1.54, 1.807) is 12.1 Å². The predicted octanol–water partition coefficient (Wildman–Crippen LogP) is 1.91. The second kappa shape index (κ2) is 6.37. The van der Waals surface area contributed by atoms with E-state index >= 15 is 0 Å². The Bertz CT molecular complexity index is 650. The van der Waals surface area contributed by atoms with Crippen molar-refractivity contribution in [3.05, 3.63) is 35.7 Å². The van der Waals surface area contributed by atoms with Crippen molar-refractivity contribution in [1.82, 2.24) is 20.4 Å². The summed E-state index contributed by atoms with van der Waals surface area (Å²) in [6.45, 7) is 4.61. The molecule has 0 bridgehead atoms. The van der Waals surface area contributed by atoms with Crippen molar-refractivity contribution < 1.29 is 9.32 Å². The van der Waals surface area contributed by atoms with Gasteiger partial charge in [0.15, 0.2) is 11.6 Å². The maximum absolute atomic E-state index is 11.6. The number of nitrogens with zero attached hydrogens (tertiary/aromatic N) is 3. The van der Waals surface area contributed by atoms with E-state index in [2.05, 4.69) is 27.4 Å². The molecule has 1 unspecified atom stereocenters. The molecule has 116 valence electrons. The summed E-state index contributed by atoms with van der Waals surface area (Å²) in [6.07, 6.45) is 0.505. The van der Waals surface area contributed by atoms with Gasteiger partial charge in [0.05, 0.1) is 6.04 Å². The molecule has 22 heavy (non-hydrogen) atoms. The smallest absolute Gasteiger partial charge is 0.257 e. The molecule has 0 spiro atoms. The highest BCUT2D eigenvalue weighted by atomic mass is 16.5. The second-order valence-corrected chi connectivity index (χ2v) is 5.51. The number of piperazine rings is 1. The first-order valence-corrected chi connectivity index (χ1v) is 7.57. The number of aromatic nitrogens is 2. The number of rotatable bonds is 4. The van der Waals surface area contributed by atoms with Crippen LogP contribution >= 0.6 is 0 Å². The fraction of sp³-hybridized carbons (Fsp3) is 0.438. The molecule has 1 aliphatic heterocycles. The molecule has 1 fully saturated rings. The summed E-state index contributed by atoms with van der Waals surface area (Å²) >= 11 is 0. The number of carbonyl (C=O) groups is 1. The van der Waals surface area contributed by atoms with E-state index < -0.39 is 0 Å². The minimum Gasteiger partial charge on any atom is -0.334 e. The molecule has 2 heterocycles. The lowest BCUT2D eigenvalue weighted by Crippen LogP contribution is -2.44. The van der Waals surface area contributed by atoms with E-state index in [1.165, 1.54) is 0 Å². The molecule has 0 radical (unpaired) electrons. The average molecular weight is 300 g/mol. The third-order valence-electron chi connectivity index (χ3n) is 4.03. The van der Waals surface area contributed by atoms with Crippen LogP contribution < -0.4 is 5.32 Å². The van der Waals surface area contributed by atoms with Gasteiger partial charge < -0.3 is 9.84 Å². The van der Waals surface area contributed by atoms with Crippen LogP contribution in [-0.4, -0.2) is 47.5 Å². The van der Waals surface area contributed by atoms with Crippen LogP contribution in [0.2, 0.25) is 0 Å². The van der Waals surface area contributed by atoms with E-state index in [1.807, 2.05) is 19.1 Å². The van der Waals surface area contributed by atoms with Crippen molar-refractivity contribution in [2.75, 3.05) is 26.7 Å². The quantitative estimate of drug-likeness (QED) is 0.870. The summed E-state index contributed by atoms with van der Waals surface area (Å²) in [6, 6.07) is 7.44. The van der Waals surface area contributed by atoms with Crippen molar-refractivity contribution in [1.29, 1.82) is 0 Å². The number of benzene rings is 1. The molecule has 2 aromatic rings. The molecule has 1 aliphatic rings. The monoisotopic (exact) mass is 300 g/mol. The highest BCUT2D eigenvalue weighted by Gasteiger charge is 2.25. The number of hydrogen-bond donors (Lipinski definition) is 1. The summed E-state index contributed by atoms with van der Waals surface area (Å²) in [5, 5.41) is 7.44. The van der Waals surface area contributed by atoms with Gasteiger partial charge in [0, 0.05) is 37.2 Å². The number of hydrogen-bond acceptors (Lipinski definition) is 6. The average Bonchev–Trinajstić information content (AvgIpc) is 3.04. The summed E-state index contributed by atoms with van der Waals surface area (Å²) in [5.41, 5.74) is 1.54. The number of carbonyl (C=O) groups excluding carboxylic acids is 1. The zero-order valence-corrected chi connectivity index (χ0v) is 12.9. The molecule has 0 aliphatic carbocycles. The highest BCUT2D eigenvalue weighted by molar-refractivity contribution is 5.96. The first-order chi connectivity index (χ1) is 10.7. The molecule has 1 aromatic carbocycles. The number of Topliss-reactive ketones (excluding diaryl/α,β-unsaturated/α-hetero) is 1. The molecule has 1 aromatic heterocycles. The van der Waals surface area contributed by atoms with Crippen LogP contribution in [0, 0.1) is 0 Å². The van der Waals surface area contributed by atoms with Gasteiger partial charge >= 0.3 is 0 Å². The number of nitrogens with one attached hydrogen (secondary N) is 1. The standard InChI is InChI=1S/C16H20N4O2/c1-3-14(21)11-4-6-12(7-5-11)16-18-15(19-22-16)13-10-17-8-9-20(13)2/h4-7,13,17H,3,8-10H2,1-2H3. The Morgan fingerprint density at radius 2 is 2.18 bits per heavy atom. The van der Waals surface area contributed by atoms with E-state index in [0.29, 0.717) is 23.7 Å². The Balaban J connectivity index is 1.80. The van der Waals surface area contributed by atoms with Crippen molar-refractivity contribution >= 4 is 5.78 Å². The van der Waals surface area contributed by atoms with E-state index in [0.717, 1.165) is 25.2 Å². The molecular formula is C16H20N4O2. The van der Waals surface area contributed by atoms with Gasteiger partial charge in [-0.2, -0.15) is 4.98 Å². The van der Waals surface area contributed by atoms with Gasteiger partial charge in [-0.15, -0.1) is 0 Å². The topological polar surface area (TPSA) is 71.3 Å². The lowest BCUT2D eigenvalue weighted by Gasteiger charge is -2.30. The van der Waals surface area contributed by atoms with Gasteiger partial charge in [-0.05, 0) is 19.2 Å². The highest BCUT2D eigenvalue weighted by Crippen LogP contribution is 2.23. The lowest BCUT2D eigenvalue weighted by atomic mass is 10.1. The summed E-state index contributed by atoms with van der Waals surface area (Å²) in [5.74, 6) is 1.32. The molecule has 6 nitrogen and oxygen atoms in total. The lowest BCUT2D eigenvalue weighted by molar-refractivity contribution is 0.0988. The van der Waals surface area contributed by atoms with Gasteiger partial charge in [0.25, 0.3) is 5.89 Å². The van der Waals surface area contributed by atoms with Crippen molar-refractivity contribution in [3.8, 4) is 11.5 Å². The molecule has 6 heteroatoms.